The number of benzene rings is 1. The Labute approximate surface area is 99.7 Å². The van der Waals surface area contributed by atoms with Gasteiger partial charge in [-0.05, 0) is 25.5 Å². The van der Waals surface area contributed by atoms with Crippen molar-refractivity contribution < 1.29 is 4.39 Å². The summed E-state index contributed by atoms with van der Waals surface area (Å²) in [5.74, 6) is 0.476. The van der Waals surface area contributed by atoms with E-state index in [0.717, 1.165) is 12.1 Å². The minimum absolute atomic E-state index is 0.224. The van der Waals surface area contributed by atoms with Crippen LogP contribution in [0.15, 0.2) is 30.6 Å². The van der Waals surface area contributed by atoms with Gasteiger partial charge in [0.05, 0.1) is 18.1 Å². The van der Waals surface area contributed by atoms with Crippen LogP contribution >= 0.6 is 0 Å². The highest BCUT2D eigenvalue weighted by Gasteiger charge is 2.04. The molecule has 0 saturated heterocycles. The van der Waals surface area contributed by atoms with Gasteiger partial charge in [-0.15, -0.1) is 0 Å². The van der Waals surface area contributed by atoms with Crippen LogP contribution < -0.4 is 5.32 Å². The lowest BCUT2D eigenvalue weighted by molar-refractivity contribution is 0.619. The van der Waals surface area contributed by atoms with Crippen LogP contribution in [0.2, 0.25) is 0 Å². The zero-order valence-corrected chi connectivity index (χ0v) is 9.87. The van der Waals surface area contributed by atoms with Crippen molar-refractivity contribution in [2.45, 2.75) is 13.8 Å². The number of aromatic nitrogens is 2. The Morgan fingerprint density at radius 3 is 2.82 bits per heavy atom. The predicted molar refractivity (Wildman–Crippen MR) is 66.3 cm³/mol. The molecule has 0 bridgehead atoms. The third-order valence-corrected chi connectivity index (χ3v) is 2.46. The van der Waals surface area contributed by atoms with Gasteiger partial charge in [0.25, 0.3) is 0 Å². The second-order valence-corrected chi connectivity index (χ2v) is 3.78. The average Bonchev–Trinajstić information content (AvgIpc) is 2.33. The van der Waals surface area contributed by atoms with Crippen molar-refractivity contribution in [3.63, 3.8) is 0 Å². The van der Waals surface area contributed by atoms with Crippen LogP contribution in [0.1, 0.15) is 12.5 Å². The molecule has 0 atom stereocenters. The van der Waals surface area contributed by atoms with Crippen LogP contribution in [-0.4, -0.2) is 16.5 Å². The minimum atomic E-state index is -0.224. The molecule has 0 saturated carbocycles. The van der Waals surface area contributed by atoms with E-state index in [2.05, 4.69) is 15.3 Å². The Bertz CT molecular complexity index is 526. The van der Waals surface area contributed by atoms with Gasteiger partial charge in [0, 0.05) is 12.1 Å². The Balaban J connectivity index is 2.38. The van der Waals surface area contributed by atoms with Gasteiger partial charge in [0.2, 0.25) is 0 Å². The predicted octanol–water partition coefficient (Wildman–Crippen LogP) is 3.02. The van der Waals surface area contributed by atoms with E-state index >= 15 is 0 Å². The molecular weight excluding hydrogens is 217 g/mol. The molecule has 0 amide bonds. The molecule has 0 unspecified atom stereocenters. The van der Waals surface area contributed by atoms with E-state index in [0.29, 0.717) is 17.1 Å². The molecule has 88 valence electrons. The molecule has 1 aromatic heterocycles. The summed E-state index contributed by atoms with van der Waals surface area (Å²) in [6.07, 6.45) is 3.28. The molecule has 0 aliphatic rings. The molecular formula is C13H14FN3. The molecule has 2 rings (SSSR count). The lowest BCUT2D eigenvalue weighted by Gasteiger charge is -2.05. The Morgan fingerprint density at radius 1 is 1.29 bits per heavy atom. The van der Waals surface area contributed by atoms with Crippen molar-refractivity contribution in [3.8, 4) is 11.3 Å². The fourth-order valence-corrected chi connectivity index (χ4v) is 1.52. The summed E-state index contributed by atoms with van der Waals surface area (Å²) in [4.78, 5) is 8.45. The SMILES string of the molecule is CCNc1cncc(-c2ccc(C)c(F)c2)n1. The number of hydrogen-bond donors (Lipinski definition) is 1. The number of hydrogen-bond acceptors (Lipinski definition) is 3. The second-order valence-electron chi connectivity index (χ2n) is 3.78. The van der Waals surface area contributed by atoms with Crippen LogP contribution in [0.5, 0.6) is 0 Å². The first kappa shape index (κ1) is 11.5. The monoisotopic (exact) mass is 231 g/mol. The van der Waals surface area contributed by atoms with Gasteiger partial charge in [0.15, 0.2) is 0 Å². The van der Waals surface area contributed by atoms with Crippen molar-refractivity contribution in [3.05, 3.63) is 42.0 Å². The Morgan fingerprint density at radius 2 is 2.12 bits per heavy atom. The molecule has 1 N–H and O–H groups in total. The largest absolute Gasteiger partial charge is 0.369 e. The van der Waals surface area contributed by atoms with Gasteiger partial charge < -0.3 is 5.32 Å². The fraction of sp³-hybridized carbons (Fsp3) is 0.231. The molecule has 1 heterocycles. The highest BCUT2D eigenvalue weighted by molar-refractivity contribution is 5.60. The Kier molecular flexibility index (Phi) is 3.32. The summed E-state index contributed by atoms with van der Waals surface area (Å²) in [7, 11) is 0. The normalized spacial score (nSPS) is 10.3. The lowest BCUT2D eigenvalue weighted by atomic mass is 10.1. The Hall–Kier alpha value is -1.97. The van der Waals surface area contributed by atoms with Crippen LogP contribution in [-0.2, 0) is 0 Å². The van der Waals surface area contributed by atoms with E-state index in [9.17, 15) is 4.39 Å². The third kappa shape index (κ3) is 2.58. The molecule has 0 spiro atoms. The van der Waals surface area contributed by atoms with E-state index in [4.69, 9.17) is 0 Å². The summed E-state index contributed by atoms with van der Waals surface area (Å²) in [6, 6.07) is 5.07. The third-order valence-electron chi connectivity index (χ3n) is 2.46. The van der Waals surface area contributed by atoms with Crippen molar-refractivity contribution in [2.75, 3.05) is 11.9 Å². The summed E-state index contributed by atoms with van der Waals surface area (Å²) in [5, 5.41) is 3.08. The molecule has 4 heteroatoms. The van der Waals surface area contributed by atoms with E-state index in [-0.39, 0.29) is 5.82 Å². The number of anilines is 1. The van der Waals surface area contributed by atoms with Crippen molar-refractivity contribution >= 4 is 5.82 Å². The molecule has 0 aliphatic heterocycles. The van der Waals surface area contributed by atoms with Gasteiger partial charge in [-0.3, -0.25) is 4.98 Å². The van der Waals surface area contributed by atoms with Crippen molar-refractivity contribution in [1.29, 1.82) is 0 Å². The molecule has 3 nitrogen and oxygen atoms in total. The zero-order chi connectivity index (χ0) is 12.3. The molecule has 1 aromatic carbocycles. The molecule has 0 radical (unpaired) electrons. The number of rotatable bonds is 3. The van der Waals surface area contributed by atoms with Crippen LogP contribution in [0, 0.1) is 12.7 Å². The standard InChI is InChI=1S/C13H14FN3/c1-3-16-13-8-15-7-12(17-13)10-5-4-9(2)11(14)6-10/h4-8H,3H2,1-2H3,(H,16,17). The van der Waals surface area contributed by atoms with E-state index in [1.807, 2.05) is 13.0 Å². The first-order valence-electron chi connectivity index (χ1n) is 5.53. The molecule has 0 aliphatic carbocycles. The van der Waals surface area contributed by atoms with E-state index < -0.39 is 0 Å². The van der Waals surface area contributed by atoms with Crippen LogP contribution in [0.25, 0.3) is 11.3 Å². The maximum absolute atomic E-state index is 13.4. The maximum Gasteiger partial charge on any atom is 0.145 e. The summed E-state index contributed by atoms with van der Waals surface area (Å²) < 4.78 is 13.4. The van der Waals surface area contributed by atoms with E-state index in [1.54, 1.807) is 25.4 Å². The first-order chi connectivity index (χ1) is 8.20. The number of nitrogens with one attached hydrogen (secondary N) is 1. The highest BCUT2D eigenvalue weighted by Crippen LogP contribution is 2.20. The van der Waals surface area contributed by atoms with Crippen molar-refractivity contribution in [1.82, 2.24) is 9.97 Å². The van der Waals surface area contributed by atoms with E-state index in [1.165, 1.54) is 6.07 Å². The molecule has 2 aromatic rings. The number of halogens is 1. The number of nitrogens with zero attached hydrogens (tertiary/aromatic N) is 2. The second kappa shape index (κ2) is 4.91. The zero-order valence-electron chi connectivity index (χ0n) is 9.87. The maximum atomic E-state index is 13.4. The van der Waals surface area contributed by atoms with Crippen LogP contribution in [0.3, 0.4) is 0 Å². The quantitative estimate of drug-likeness (QED) is 0.882. The number of aryl methyl sites for hydroxylation is 1. The van der Waals surface area contributed by atoms with Crippen molar-refractivity contribution in [2.24, 2.45) is 0 Å². The first-order valence-corrected chi connectivity index (χ1v) is 5.53. The van der Waals surface area contributed by atoms with Gasteiger partial charge >= 0.3 is 0 Å². The molecule has 17 heavy (non-hydrogen) atoms. The van der Waals surface area contributed by atoms with Gasteiger partial charge in [-0.2, -0.15) is 0 Å². The molecule has 0 fully saturated rings. The fourth-order valence-electron chi connectivity index (χ4n) is 1.52. The van der Waals surface area contributed by atoms with Crippen LogP contribution in [0.4, 0.5) is 10.2 Å². The average molecular weight is 231 g/mol. The summed E-state index contributed by atoms with van der Waals surface area (Å²) >= 11 is 0. The highest BCUT2D eigenvalue weighted by atomic mass is 19.1. The van der Waals surface area contributed by atoms with Gasteiger partial charge in [0.1, 0.15) is 11.6 Å². The van der Waals surface area contributed by atoms with Gasteiger partial charge in [-0.25, -0.2) is 9.37 Å². The topological polar surface area (TPSA) is 37.8 Å². The minimum Gasteiger partial charge on any atom is -0.369 e. The van der Waals surface area contributed by atoms with Gasteiger partial charge in [-0.1, -0.05) is 12.1 Å². The summed E-state index contributed by atoms with van der Waals surface area (Å²) in [6.45, 7) is 4.50. The lowest BCUT2D eigenvalue weighted by Crippen LogP contribution is -2.00. The smallest absolute Gasteiger partial charge is 0.145 e. The summed E-state index contributed by atoms with van der Waals surface area (Å²) in [5.41, 5.74) is 2.03.